The molecule has 0 saturated heterocycles. The lowest BCUT2D eigenvalue weighted by Gasteiger charge is -2.13. The molecule has 0 radical (unpaired) electrons. The molecule has 0 rings (SSSR count). The first-order chi connectivity index (χ1) is 6.55. The minimum absolute atomic E-state index is 0. The van der Waals surface area contributed by atoms with Gasteiger partial charge in [-0.05, 0) is 21.0 Å². The van der Waals surface area contributed by atoms with E-state index in [1.165, 1.54) is 0 Å². The van der Waals surface area contributed by atoms with Crippen LogP contribution in [0.4, 0.5) is 0 Å². The van der Waals surface area contributed by atoms with E-state index in [0.29, 0.717) is 0 Å². The fourth-order valence-corrected chi connectivity index (χ4v) is 0.221. The number of carbonyl (C=O) groups is 1. The van der Waals surface area contributed by atoms with Gasteiger partial charge in [-0.15, -0.1) is 13.2 Å². The summed E-state index contributed by atoms with van der Waals surface area (Å²) < 4.78 is 31.6. The third-order valence-electron chi connectivity index (χ3n) is 1.13. The zero-order valence-corrected chi connectivity index (χ0v) is 11.1. The molecule has 0 aliphatic carbocycles. The number of aliphatic carboxylic acids is 1. The van der Waals surface area contributed by atoms with Crippen molar-refractivity contribution in [2.24, 2.45) is 0 Å². The van der Waals surface area contributed by atoms with E-state index in [4.69, 9.17) is 22.6 Å². The van der Waals surface area contributed by atoms with Crippen LogP contribution in [0.15, 0.2) is 13.2 Å². The molecule has 9 N–H and O–H groups in total. The molecule has 10 heteroatoms. The van der Waals surface area contributed by atoms with Gasteiger partial charge in [0.15, 0.2) is 0 Å². The molecule has 17 heavy (non-hydrogen) atoms. The maximum absolute atomic E-state index is 10.1. The second-order valence-corrected chi connectivity index (χ2v) is 3.32. The van der Waals surface area contributed by atoms with Crippen LogP contribution >= 0.6 is 0 Å². The standard InChI is InChI=1S/C5H11NO2.C2H4.2H3N.H2O4S/c1-4(5(7)8)6(2)3;1-2;;;1-5(2,3)4/h4H,1-3H3,(H,7,8);1-2H2;2*1H3;(H2,1,2,3,4). The van der Waals surface area contributed by atoms with Crippen molar-refractivity contribution in [2.45, 2.75) is 13.0 Å². The van der Waals surface area contributed by atoms with E-state index in [9.17, 15) is 4.79 Å². The van der Waals surface area contributed by atoms with E-state index in [2.05, 4.69) is 13.2 Å². The lowest BCUT2D eigenvalue weighted by atomic mass is 10.3. The van der Waals surface area contributed by atoms with Gasteiger partial charge in [0, 0.05) is 0 Å². The summed E-state index contributed by atoms with van der Waals surface area (Å²) in [6.45, 7) is 7.64. The maximum Gasteiger partial charge on any atom is 0.394 e. The van der Waals surface area contributed by atoms with E-state index in [1.807, 2.05) is 0 Å². The molecule has 108 valence electrons. The summed E-state index contributed by atoms with van der Waals surface area (Å²) in [5.41, 5.74) is 0. The zero-order chi connectivity index (χ0) is 13.2. The normalized spacial score (nSPS) is 10.2. The Kier molecular flexibility index (Phi) is 26.2. The van der Waals surface area contributed by atoms with Crippen LogP contribution in [0.2, 0.25) is 0 Å². The van der Waals surface area contributed by atoms with Gasteiger partial charge < -0.3 is 17.4 Å². The Labute approximate surface area is 102 Å². The Hall–Kier alpha value is -1.04. The molecule has 0 saturated carbocycles. The molecule has 0 aromatic heterocycles. The van der Waals surface area contributed by atoms with Crippen LogP contribution < -0.4 is 12.3 Å². The summed E-state index contributed by atoms with van der Waals surface area (Å²) in [6, 6.07) is -0.380. The van der Waals surface area contributed by atoms with Crippen molar-refractivity contribution in [3.8, 4) is 0 Å². The Morgan fingerprint density at radius 3 is 1.35 bits per heavy atom. The molecule has 0 aliphatic heterocycles. The molecule has 0 amide bonds. The van der Waals surface area contributed by atoms with Crippen molar-refractivity contribution in [3.63, 3.8) is 0 Å². The average Bonchev–Trinajstić information content (AvgIpc) is 2.03. The molecule has 9 nitrogen and oxygen atoms in total. The first kappa shape index (κ1) is 29.7. The smallest absolute Gasteiger partial charge is 0.394 e. The fraction of sp³-hybridized carbons (Fsp3) is 0.571. The van der Waals surface area contributed by atoms with E-state index in [0.717, 1.165) is 0 Å². The highest BCUT2D eigenvalue weighted by Crippen LogP contribution is 1.88. The number of carboxylic acid groups (broad SMARTS) is 1. The molecule has 0 bridgehead atoms. The molecule has 0 heterocycles. The van der Waals surface area contributed by atoms with Crippen molar-refractivity contribution >= 4 is 16.4 Å². The summed E-state index contributed by atoms with van der Waals surface area (Å²) in [4.78, 5) is 11.7. The van der Waals surface area contributed by atoms with Gasteiger partial charge in [-0.1, -0.05) is 0 Å². The fourth-order valence-electron chi connectivity index (χ4n) is 0.221. The Balaban J connectivity index is -0.0000000471. The van der Waals surface area contributed by atoms with Crippen LogP contribution in [0.3, 0.4) is 0 Å². The molecular formula is C7H23N3O6S. The third-order valence-corrected chi connectivity index (χ3v) is 1.13. The van der Waals surface area contributed by atoms with Crippen LogP contribution in [-0.2, 0) is 15.2 Å². The first-order valence-corrected chi connectivity index (χ1v) is 5.04. The monoisotopic (exact) mass is 277 g/mol. The number of nitrogens with zero attached hydrogens (tertiary/aromatic N) is 1. The van der Waals surface area contributed by atoms with Crippen LogP contribution in [0, 0.1) is 0 Å². The van der Waals surface area contributed by atoms with Crippen molar-refractivity contribution in [1.29, 1.82) is 0 Å². The molecule has 0 aromatic carbocycles. The lowest BCUT2D eigenvalue weighted by Crippen LogP contribution is -2.32. The second-order valence-electron chi connectivity index (χ2n) is 2.43. The zero-order valence-electron chi connectivity index (χ0n) is 10.3. The summed E-state index contributed by atoms with van der Waals surface area (Å²) in [5, 5.41) is 8.31. The second kappa shape index (κ2) is 15.0. The van der Waals surface area contributed by atoms with E-state index < -0.39 is 16.4 Å². The summed E-state index contributed by atoms with van der Waals surface area (Å²) in [7, 11) is -1.20. The summed E-state index contributed by atoms with van der Waals surface area (Å²) in [6.07, 6.45) is 0. The highest BCUT2D eigenvalue weighted by atomic mass is 32.3. The quantitative estimate of drug-likeness (QED) is 0.353. The van der Waals surface area contributed by atoms with Crippen molar-refractivity contribution in [2.75, 3.05) is 14.1 Å². The average molecular weight is 277 g/mol. The van der Waals surface area contributed by atoms with Crippen molar-refractivity contribution in [1.82, 2.24) is 17.2 Å². The van der Waals surface area contributed by atoms with E-state index in [1.54, 1.807) is 25.9 Å². The molecule has 0 fully saturated rings. The largest absolute Gasteiger partial charge is 0.480 e. The molecular weight excluding hydrogens is 254 g/mol. The number of likely N-dealkylation sites (N-methyl/N-ethyl adjacent to an activating group) is 1. The van der Waals surface area contributed by atoms with E-state index in [-0.39, 0.29) is 18.3 Å². The number of hydrogen-bond acceptors (Lipinski definition) is 6. The predicted octanol–water partition coefficient (Wildman–Crippen LogP) is 0.495. The molecule has 1 atom stereocenters. The molecule has 1 unspecified atom stereocenters. The van der Waals surface area contributed by atoms with Gasteiger partial charge in [0.25, 0.3) is 0 Å². The number of hydrogen-bond donors (Lipinski definition) is 5. The van der Waals surface area contributed by atoms with Crippen molar-refractivity contribution < 1.29 is 27.4 Å². The summed E-state index contributed by atoms with van der Waals surface area (Å²) >= 11 is 0. The van der Waals surface area contributed by atoms with Crippen LogP contribution in [0.25, 0.3) is 0 Å². The minimum Gasteiger partial charge on any atom is -0.480 e. The Morgan fingerprint density at radius 1 is 1.18 bits per heavy atom. The van der Waals surface area contributed by atoms with Gasteiger partial charge in [0.1, 0.15) is 6.04 Å². The molecule has 0 aromatic rings. The highest BCUT2D eigenvalue weighted by Gasteiger charge is 2.11. The van der Waals surface area contributed by atoms with Gasteiger partial charge in [0.2, 0.25) is 0 Å². The van der Waals surface area contributed by atoms with Crippen LogP contribution in [0.5, 0.6) is 0 Å². The van der Waals surface area contributed by atoms with Crippen molar-refractivity contribution in [3.05, 3.63) is 13.2 Å². The highest BCUT2D eigenvalue weighted by molar-refractivity contribution is 7.79. The minimum atomic E-state index is -4.67. The maximum atomic E-state index is 10.1. The first-order valence-electron chi connectivity index (χ1n) is 3.64. The lowest BCUT2D eigenvalue weighted by molar-refractivity contribution is -0.141. The SMILES string of the molecule is C=C.CC(C(=O)O)N(C)C.N.N.O=S(=O)(O)O. The topological polar surface area (TPSA) is 185 Å². The van der Waals surface area contributed by atoms with Gasteiger partial charge in [0.05, 0.1) is 0 Å². The predicted molar refractivity (Wildman–Crippen MR) is 66.3 cm³/mol. The number of carboxylic acids is 1. The molecule has 0 spiro atoms. The number of rotatable bonds is 2. The van der Waals surface area contributed by atoms with Gasteiger partial charge in [-0.25, -0.2) is 0 Å². The molecule has 0 aliphatic rings. The van der Waals surface area contributed by atoms with Gasteiger partial charge in [-0.2, -0.15) is 8.42 Å². The summed E-state index contributed by atoms with van der Waals surface area (Å²) in [5.74, 6) is -0.782. The van der Waals surface area contributed by atoms with Crippen LogP contribution in [-0.4, -0.2) is 53.6 Å². The van der Waals surface area contributed by atoms with E-state index >= 15 is 0 Å². The van der Waals surface area contributed by atoms with Gasteiger partial charge >= 0.3 is 16.4 Å². The van der Waals surface area contributed by atoms with Gasteiger partial charge in [-0.3, -0.25) is 18.8 Å². The van der Waals surface area contributed by atoms with Crippen LogP contribution in [0.1, 0.15) is 6.92 Å². The Bertz CT molecular complexity index is 259. The third kappa shape index (κ3) is 51.9. The Morgan fingerprint density at radius 2 is 1.35 bits per heavy atom.